The van der Waals surface area contributed by atoms with Crippen molar-refractivity contribution in [1.29, 1.82) is 0 Å². The molecule has 0 unspecified atom stereocenters. The highest BCUT2D eigenvalue weighted by Crippen LogP contribution is 2.12. The van der Waals surface area contributed by atoms with Gasteiger partial charge in [-0.15, -0.1) is 0 Å². The van der Waals surface area contributed by atoms with Crippen LogP contribution >= 0.6 is 11.8 Å². The maximum absolute atomic E-state index is 11.6. The summed E-state index contributed by atoms with van der Waals surface area (Å²) in [5.74, 6) is 1.29. The Morgan fingerprint density at radius 3 is 2.61 bits per heavy atom. The second-order valence-electron chi connectivity index (χ2n) is 3.84. The molecule has 0 aliphatic rings. The van der Waals surface area contributed by atoms with E-state index in [0.717, 1.165) is 17.1 Å². The van der Waals surface area contributed by atoms with Gasteiger partial charge in [0.25, 0.3) is 0 Å². The van der Waals surface area contributed by atoms with E-state index in [1.165, 1.54) is 0 Å². The van der Waals surface area contributed by atoms with Gasteiger partial charge in [0.05, 0.1) is 7.11 Å². The van der Waals surface area contributed by atoms with Crippen LogP contribution in [0.15, 0.2) is 24.3 Å². The van der Waals surface area contributed by atoms with Gasteiger partial charge in [-0.1, -0.05) is 12.1 Å². The lowest BCUT2D eigenvalue weighted by Crippen LogP contribution is -2.32. The van der Waals surface area contributed by atoms with Crippen LogP contribution in [0.5, 0.6) is 5.75 Å². The van der Waals surface area contributed by atoms with Crippen molar-refractivity contribution in [2.45, 2.75) is 19.1 Å². The van der Waals surface area contributed by atoms with E-state index in [1.807, 2.05) is 30.5 Å². The van der Waals surface area contributed by atoms with Crippen molar-refractivity contribution in [2.24, 2.45) is 5.73 Å². The fourth-order valence-corrected chi connectivity index (χ4v) is 1.84. The first-order chi connectivity index (χ1) is 8.67. The molecule has 4 nitrogen and oxygen atoms in total. The van der Waals surface area contributed by atoms with Crippen LogP contribution in [0.25, 0.3) is 0 Å². The number of thioether (sulfide) groups is 1. The monoisotopic (exact) mass is 269 g/mol. The zero-order valence-corrected chi connectivity index (χ0v) is 11.5. The molecule has 1 aromatic rings. The highest BCUT2D eigenvalue weighted by Gasteiger charge is 2.14. The van der Waals surface area contributed by atoms with E-state index in [2.05, 4.69) is 0 Å². The number of hydrogen-bond donors (Lipinski definition) is 1. The van der Waals surface area contributed by atoms with E-state index >= 15 is 0 Å². The number of carbonyl (C=O) groups is 1. The van der Waals surface area contributed by atoms with Gasteiger partial charge in [-0.2, -0.15) is 11.8 Å². The summed E-state index contributed by atoms with van der Waals surface area (Å²) in [5, 5.41) is 0. The van der Waals surface area contributed by atoms with Gasteiger partial charge < -0.3 is 15.2 Å². The summed E-state index contributed by atoms with van der Waals surface area (Å²) in [5.41, 5.74) is 6.62. The molecule has 0 spiro atoms. The average Bonchev–Trinajstić information content (AvgIpc) is 2.42. The molecule has 0 aromatic heterocycles. The molecule has 0 saturated carbocycles. The lowest BCUT2D eigenvalue weighted by Gasteiger charge is -2.11. The minimum atomic E-state index is -0.532. The molecule has 0 saturated heterocycles. The quantitative estimate of drug-likeness (QED) is 0.765. The molecular weight excluding hydrogens is 250 g/mol. The molecule has 2 N–H and O–H groups in total. The van der Waals surface area contributed by atoms with Gasteiger partial charge >= 0.3 is 5.97 Å². The second-order valence-corrected chi connectivity index (χ2v) is 4.83. The SMILES string of the molecule is COc1ccc(COC(=O)[C@H](N)CCSC)cc1. The number of ether oxygens (including phenoxy) is 2. The summed E-state index contributed by atoms with van der Waals surface area (Å²) in [6.07, 6.45) is 2.62. The number of benzene rings is 1. The standard InChI is InChI=1S/C13H19NO3S/c1-16-11-5-3-10(4-6-11)9-17-13(15)12(14)7-8-18-2/h3-6,12H,7-9,14H2,1-2H3/t12-/m1/s1. The smallest absolute Gasteiger partial charge is 0.323 e. The van der Waals surface area contributed by atoms with Crippen LogP contribution in [0.3, 0.4) is 0 Å². The van der Waals surface area contributed by atoms with E-state index in [4.69, 9.17) is 15.2 Å². The van der Waals surface area contributed by atoms with Crippen molar-refractivity contribution in [3.63, 3.8) is 0 Å². The first-order valence-corrected chi connectivity index (χ1v) is 7.11. The summed E-state index contributed by atoms with van der Waals surface area (Å²) >= 11 is 1.66. The molecular formula is C13H19NO3S. The van der Waals surface area contributed by atoms with E-state index < -0.39 is 6.04 Å². The summed E-state index contributed by atoms with van der Waals surface area (Å²) in [4.78, 5) is 11.6. The van der Waals surface area contributed by atoms with Crippen LogP contribution < -0.4 is 10.5 Å². The summed E-state index contributed by atoms with van der Waals surface area (Å²) in [6, 6.07) is 6.85. The van der Waals surface area contributed by atoms with Crippen LogP contribution in [-0.2, 0) is 16.1 Å². The highest BCUT2D eigenvalue weighted by molar-refractivity contribution is 7.98. The Balaban J connectivity index is 2.37. The van der Waals surface area contributed by atoms with Crippen molar-refractivity contribution in [1.82, 2.24) is 0 Å². The number of rotatable bonds is 7. The number of esters is 1. The van der Waals surface area contributed by atoms with Gasteiger partial charge in [-0.05, 0) is 36.1 Å². The molecule has 100 valence electrons. The number of hydrogen-bond acceptors (Lipinski definition) is 5. The van der Waals surface area contributed by atoms with Crippen LogP contribution in [-0.4, -0.2) is 31.1 Å². The molecule has 0 amide bonds. The van der Waals surface area contributed by atoms with Gasteiger partial charge in [-0.3, -0.25) is 4.79 Å². The third-order valence-corrected chi connectivity index (χ3v) is 3.12. The first-order valence-electron chi connectivity index (χ1n) is 5.71. The molecule has 0 heterocycles. The molecule has 0 aliphatic heterocycles. The summed E-state index contributed by atoms with van der Waals surface area (Å²) in [6.45, 7) is 0.246. The number of methoxy groups -OCH3 is 1. The largest absolute Gasteiger partial charge is 0.497 e. The third-order valence-electron chi connectivity index (χ3n) is 2.48. The van der Waals surface area contributed by atoms with E-state index in [9.17, 15) is 4.79 Å². The fourth-order valence-electron chi connectivity index (χ4n) is 1.35. The minimum absolute atomic E-state index is 0.246. The third kappa shape index (κ3) is 4.98. The first kappa shape index (κ1) is 14.9. The van der Waals surface area contributed by atoms with Gasteiger partial charge in [0.2, 0.25) is 0 Å². The predicted molar refractivity (Wildman–Crippen MR) is 73.8 cm³/mol. The van der Waals surface area contributed by atoms with E-state index in [0.29, 0.717) is 6.42 Å². The Labute approximate surface area is 112 Å². The minimum Gasteiger partial charge on any atom is -0.497 e. The van der Waals surface area contributed by atoms with E-state index in [1.54, 1.807) is 18.9 Å². The normalized spacial score (nSPS) is 11.9. The maximum Gasteiger partial charge on any atom is 0.323 e. The molecule has 0 aliphatic carbocycles. The summed E-state index contributed by atoms with van der Waals surface area (Å²) in [7, 11) is 1.61. The van der Waals surface area contributed by atoms with Crippen LogP contribution in [0.2, 0.25) is 0 Å². The van der Waals surface area contributed by atoms with Gasteiger partial charge in [0.1, 0.15) is 18.4 Å². The number of nitrogens with two attached hydrogens (primary N) is 1. The lowest BCUT2D eigenvalue weighted by molar-refractivity contribution is -0.146. The van der Waals surface area contributed by atoms with Crippen LogP contribution in [0, 0.1) is 0 Å². The Hall–Kier alpha value is -1.20. The van der Waals surface area contributed by atoms with Crippen molar-refractivity contribution in [3.05, 3.63) is 29.8 Å². The number of carbonyl (C=O) groups excluding carboxylic acids is 1. The zero-order valence-electron chi connectivity index (χ0n) is 10.7. The van der Waals surface area contributed by atoms with Gasteiger partial charge in [0, 0.05) is 0 Å². The van der Waals surface area contributed by atoms with Crippen molar-refractivity contribution < 1.29 is 14.3 Å². The fraction of sp³-hybridized carbons (Fsp3) is 0.462. The Kier molecular flexibility index (Phi) is 6.60. The molecule has 1 aromatic carbocycles. The van der Waals surface area contributed by atoms with Crippen molar-refractivity contribution in [3.8, 4) is 5.75 Å². The van der Waals surface area contributed by atoms with Gasteiger partial charge in [-0.25, -0.2) is 0 Å². The Morgan fingerprint density at radius 2 is 2.06 bits per heavy atom. The predicted octanol–water partition coefficient (Wildman–Crippen LogP) is 1.82. The Morgan fingerprint density at radius 1 is 1.39 bits per heavy atom. The molecule has 0 radical (unpaired) electrons. The van der Waals surface area contributed by atoms with Crippen molar-refractivity contribution >= 4 is 17.7 Å². The van der Waals surface area contributed by atoms with Gasteiger partial charge in [0.15, 0.2) is 0 Å². The summed E-state index contributed by atoms with van der Waals surface area (Å²) < 4.78 is 10.2. The molecule has 0 fully saturated rings. The second kappa shape index (κ2) is 8.00. The molecule has 18 heavy (non-hydrogen) atoms. The van der Waals surface area contributed by atoms with Crippen molar-refractivity contribution in [2.75, 3.05) is 19.1 Å². The molecule has 0 bridgehead atoms. The van der Waals surface area contributed by atoms with E-state index in [-0.39, 0.29) is 12.6 Å². The highest BCUT2D eigenvalue weighted by atomic mass is 32.2. The van der Waals surface area contributed by atoms with Crippen LogP contribution in [0.1, 0.15) is 12.0 Å². The zero-order chi connectivity index (χ0) is 13.4. The lowest BCUT2D eigenvalue weighted by atomic mass is 10.2. The Bertz CT molecular complexity index is 367. The molecule has 1 rings (SSSR count). The van der Waals surface area contributed by atoms with Crippen LogP contribution in [0.4, 0.5) is 0 Å². The molecule has 1 atom stereocenters. The topological polar surface area (TPSA) is 61.5 Å². The maximum atomic E-state index is 11.6. The molecule has 5 heteroatoms. The average molecular weight is 269 g/mol.